The van der Waals surface area contributed by atoms with E-state index in [4.69, 9.17) is 10.5 Å². The maximum Gasteiger partial charge on any atom is 0.222 e. The van der Waals surface area contributed by atoms with Crippen LogP contribution in [0, 0.1) is 11.8 Å². The van der Waals surface area contributed by atoms with Crippen LogP contribution in [0.15, 0.2) is 0 Å². The summed E-state index contributed by atoms with van der Waals surface area (Å²) in [6.45, 7) is 2.37. The number of nitrogens with two attached hydrogens (primary N) is 1. The first kappa shape index (κ1) is 14.8. The lowest BCUT2D eigenvalue weighted by Crippen LogP contribution is -2.38. The Hall–Kier alpha value is -0.610. The highest BCUT2D eigenvalue weighted by atomic mass is 16.5. The van der Waals surface area contributed by atoms with Crippen molar-refractivity contribution in [3.63, 3.8) is 0 Å². The molecule has 1 heterocycles. The van der Waals surface area contributed by atoms with Gasteiger partial charge < -0.3 is 15.8 Å². The van der Waals surface area contributed by atoms with Crippen molar-refractivity contribution in [3.8, 4) is 0 Å². The summed E-state index contributed by atoms with van der Waals surface area (Å²) in [5.74, 6) is 1.32. The molecule has 1 amide bonds. The third-order valence-corrected chi connectivity index (χ3v) is 4.62. The predicted molar refractivity (Wildman–Crippen MR) is 75.7 cm³/mol. The minimum atomic E-state index is 0.144. The fraction of sp³-hybridized carbons (Fsp3) is 0.933. The van der Waals surface area contributed by atoms with Crippen LogP contribution in [0.25, 0.3) is 0 Å². The average molecular weight is 268 g/mol. The highest BCUT2D eigenvalue weighted by Gasteiger charge is 2.25. The number of hydrogen-bond donors (Lipinski definition) is 2. The molecule has 0 radical (unpaired) electrons. The van der Waals surface area contributed by atoms with Crippen LogP contribution in [-0.4, -0.2) is 31.7 Å². The molecule has 2 fully saturated rings. The normalized spacial score (nSPS) is 31.9. The molecule has 1 aliphatic heterocycles. The van der Waals surface area contributed by atoms with Crippen molar-refractivity contribution >= 4 is 5.91 Å². The second kappa shape index (κ2) is 7.85. The van der Waals surface area contributed by atoms with Gasteiger partial charge in [0.05, 0.1) is 12.5 Å². The van der Waals surface area contributed by atoms with Gasteiger partial charge in [0.25, 0.3) is 0 Å². The standard InChI is InChI=1S/C15H28N2O2/c16-10-12-5-1-2-6-13(12)11-17-15(18)9-14-7-3-4-8-19-14/h12-14H,1-11,16H2,(H,17,18). The number of rotatable bonds is 5. The van der Waals surface area contributed by atoms with Gasteiger partial charge in [0.2, 0.25) is 5.91 Å². The second-order valence-electron chi connectivity index (χ2n) is 6.04. The van der Waals surface area contributed by atoms with Gasteiger partial charge in [-0.2, -0.15) is 0 Å². The molecular weight excluding hydrogens is 240 g/mol. The van der Waals surface area contributed by atoms with E-state index < -0.39 is 0 Å². The molecule has 0 aromatic rings. The molecule has 1 saturated carbocycles. The van der Waals surface area contributed by atoms with E-state index in [9.17, 15) is 4.79 Å². The van der Waals surface area contributed by atoms with E-state index in [1.807, 2.05) is 0 Å². The van der Waals surface area contributed by atoms with Gasteiger partial charge in [0, 0.05) is 13.2 Å². The Kier molecular flexibility index (Phi) is 6.11. The van der Waals surface area contributed by atoms with Crippen LogP contribution >= 0.6 is 0 Å². The smallest absolute Gasteiger partial charge is 0.222 e. The van der Waals surface area contributed by atoms with E-state index in [2.05, 4.69) is 5.32 Å². The topological polar surface area (TPSA) is 64.3 Å². The molecule has 3 N–H and O–H groups in total. The predicted octanol–water partition coefficient (Wildman–Crippen LogP) is 1.83. The van der Waals surface area contributed by atoms with Gasteiger partial charge in [-0.05, 0) is 50.5 Å². The third kappa shape index (κ3) is 4.77. The molecule has 0 aromatic heterocycles. The summed E-state index contributed by atoms with van der Waals surface area (Å²) in [6, 6.07) is 0. The Morgan fingerprint density at radius 3 is 2.53 bits per heavy atom. The van der Waals surface area contributed by atoms with Crippen LogP contribution in [0.5, 0.6) is 0 Å². The molecule has 1 aliphatic carbocycles. The summed E-state index contributed by atoms with van der Waals surface area (Å²) in [4.78, 5) is 11.9. The van der Waals surface area contributed by atoms with E-state index in [1.54, 1.807) is 0 Å². The summed E-state index contributed by atoms with van der Waals surface area (Å²) in [5.41, 5.74) is 5.82. The minimum absolute atomic E-state index is 0.144. The van der Waals surface area contributed by atoms with Gasteiger partial charge >= 0.3 is 0 Å². The van der Waals surface area contributed by atoms with Crippen LogP contribution in [0.3, 0.4) is 0 Å². The lowest BCUT2D eigenvalue weighted by atomic mass is 9.79. The quantitative estimate of drug-likeness (QED) is 0.799. The van der Waals surface area contributed by atoms with Gasteiger partial charge in [0.15, 0.2) is 0 Å². The van der Waals surface area contributed by atoms with Crippen LogP contribution in [-0.2, 0) is 9.53 Å². The molecule has 3 unspecified atom stereocenters. The van der Waals surface area contributed by atoms with Crippen molar-refractivity contribution in [1.29, 1.82) is 0 Å². The minimum Gasteiger partial charge on any atom is -0.378 e. The van der Waals surface area contributed by atoms with Crippen LogP contribution < -0.4 is 11.1 Å². The maximum absolute atomic E-state index is 11.9. The summed E-state index contributed by atoms with van der Waals surface area (Å²) < 4.78 is 5.60. The molecule has 110 valence electrons. The molecule has 2 aliphatic rings. The van der Waals surface area contributed by atoms with Crippen molar-refractivity contribution in [2.45, 2.75) is 57.5 Å². The first-order valence-electron chi connectivity index (χ1n) is 7.88. The third-order valence-electron chi connectivity index (χ3n) is 4.62. The van der Waals surface area contributed by atoms with Crippen LogP contribution in [0.4, 0.5) is 0 Å². The Labute approximate surface area is 116 Å². The van der Waals surface area contributed by atoms with E-state index in [0.29, 0.717) is 18.3 Å². The monoisotopic (exact) mass is 268 g/mol. The van der Waals surface area contributed by atoms with Gasteiger partial charge in [-0.3, -0.25) is 4.79 Å². The van der Waals surface area contributed by atoms with E-state index in [0.717, 1.165) is 32.5 Å². The van der Waals surface area contributed by atoms with E-state index in [1.165, 1.54) is 32.1 Å². The van der Waals surface area contributed by atoms with Gasteiger partial charge in [-0.1, -0.05) is 12.8 Å². The lowest BCUT2D eigenvalue weighted by Gasteiger charge is -2.31. The number of nitrogens with one attached hydrogen (secondary N) is 1. The summed E-state index contributed by atoms with van der Waals surface area (Å²) >= 11 is 0. The SMILES string of the molecule is NCC1CCCCC1CNC(=O)CC1CCCCO1. The van der Waals surface area contributed by atoms with Crippen molar-refractivity contribution in [2.75, 3.05) is 19.7 Å². The molecule has 0 spiro atoms. The highest BCUT2D eigenvalue weighted by molar-refractivity contribution is 5.76. The van der Waals surface area contributed by atoms with Gasteiger partial charge in [0.1, 0.15) is 0 Å². The van der Waals surface area contributed by atoms with Crippen LogP contribution in [0.2, 0.25) is 0 Å². The Bertz CT molecular complexity index is 277. The largest absolute Gasteiger partial charge is 0.378 e. The first-order valence-corrected chi connectivity index (χ1v) is 7.88. The van der Waals surface area contributed by atoms with Crippen molar-refractivity contribution < 1.29 is 9.53 Å². The number of amides is 1. The van der Waals surface area contributed by atoms with Crippen LogP contribution in [0.1, 0.15) is 51.4 Å². The van der Waals surface area contributed by atoms with Crippen molar-refractivity contribution in [3.05, 3.63) is 0 Å². The Morgan fingerprint density at radius 2 is 1.84 bits per heavy atom. The van der Waals surface area contributed by atoms with Crippen molar-refractivity contribution in [2.24, 2.45) is 17.6 Å². The molecule has 0 aromatic carbocycles. The molecule has 19 heavy (non-hydrogen) atoms. The lowest BCUT2D eigenvalue weighted by molar-refractivity contribution is -0.125. The Balaban J connectivity index is 1.67. The Morgan fingerprint density at radius 1 is 1.11 bits per heavy atom. The zero-order chi connectivity index (χ0) is 13.5. The summed E-state index contributed by atoms with van der Waals surface area (Å²) in [6.07, 6.45) is 9.04. The summed E-state index contributed by atoms with van der Waals surface area (Å²) in [5, 5.41) is 3.09. The fourth-order valence-electron chi connectivity index (χ4n) is 3.36. The van der Waals surface area contributed by atoms with Crippen molar-refractivity contribution in [1.82, 2.24) is 5.32 Å². The van der Waals surface area contributed by atoms with E-state index >= 15 is 0 Å². The van der Waals surface area contributed by atoms with E-state index in [-0.39, 0.29) is 12.0 Å². The molecule has 3 atom stereocenters. The molecule has 0 bridgehead atoms. The first-order chi connectivity index (χ1) is 9.29. The highest BCUT2D eigenvalue weighted by Crippen LogP contribution is 2.28. The number of carbonyl (C=O) groups excluding carboxylic acids is 1. The maximum atomic E-state index is 11.9. The number of carbonyl (C=O) groups is 1. The fourth-order valence-corrected chi connectivity index (χ4v) is 3.36. The molecular formula is C15H28N2O2. The zero-order valence-corrected chi connectivity index (χ0v) is 11.9. The number of ether oxygens (including phenoxy) is 1. The average Bonchev–Trinajstić information content (AvgIpc) is 2.46. The second-order valence-corrected chi connectivity index (χ2v) is 6.04. The number of hydrogen-bond acceptors (Lipinski definition) is 3. The van der Waals surface area contributed by atoms with Gasteiger partial charge in [-0.25, -0.2) is 0 Å². The molecule has 4 nitrogen and oxygen atoms in total. The molecule has 1 saturated heterocycles. The molecule has 2 rings (SSSR count). The summed E-state index contributed by atoms with van der Waals surface area (Å²) in [7, 11) is 0. The molecule has 4 heteroatoms. The van der Waals surface area contributed by atoms with Gasteiger partial charge in [-0.15, -0.1) is 0 Å². The zero-order valence-electron chi connectivity index (χ0n) is 11.9.